The highest BCUT2D eigenvalue weighted by Gasteiger charge is 2.15. The number of ether oxygens (including phenoxy) is 2. The Morgan fingerprint density at radius 3 is 1.64 bits per heavy atom. The SMILES string of the molecule is C[C@H](Cn1cnc(S(N)(=O)=O)n1)OCc1ccccc1.C[C@H](Cn1cnc(SCc2ccccc2)n1)OCc1ccccc1. The van der Waals surface area contributed by atoms with E-state index in [-0.39, 0.29) is 17.4 Å². The molecule has 0 unspecified atom stereocenters. The van der Waals surface area contributed by atoms with Crippen LogP contribution in [0.1, 0.15) is 30.5 Å². The van der Waals surface area contributed by atoms with Crippen molar-refractivity contribution in [2.75, 3.05) is 0 Å². The molecular weight excluding hydrogens is 599 g/mol. The maximum absolute atomic E-state index is 11.1. The fourth-order valence-corrected chi connectivity index (χ4v) is 5.09. The third kappa shape index (κ3) is 11.7. The van der Waals surface area contributed by atoms with Gasteiger partial charge in [0, 0.05) is 5.75 Å². The van der Waals surface area contributed by atoms with Gasteiger partial charge < -0.3 is 9.47 Å². The molecule has 2 atom stereocenters. The predicted molar refractivity (Wildman–Crippen MR) is 169 cm³/mol. The zero-order valence-electron chi connectivity index (χ0n) is 24.7. The number of aromatic nitrogens is 6. The number of primary sulfonamides is 1. The van der Waals surface area contributed by atoms with Gasteiger partial charge in [0.05, 0.1) is 38.5 Å². The monoisotopic (exact) mass is 635 g/mol. The fraction of sp³-hybridized carbons (Fsp3) is 0.290. The Labute approximate surface area is 262 Å². The lowest BCUT2D eigenvalue weighted by Crippen LogP contribution is -2.18. The van der Waals surface area contributed by atoms with Crippen LogP contribution >= 0.6 is 11.8 Å². The van der Waals surface area contributed by atoms with E-state index in [0.717, 1.165) is 16.5 Å². The minimum Gasteiger partial charge on any atom is -0.372 e. The summed E-state index contributed by atoms with van der Waals surface area (Å²) in [4.78, 5) is 8.00. The standard InChI is InChI=1S/C19H21N3OS.C12H16N4O3S/c1-16(23-13-17-8-4-2-5-9-17)12-22-15-20-19(21-22)24-14-18-10-6-3-7-11-18;1-10(19-8-11-5-3-2-4-6-11)7-16-9-14-12(15-16)20(13,17)18/h2-11,15-16H,12-14H2,1H3;2-6,9-10H,7-8H2,1H3,(H2,13,17,18)/t16-;10-/m11/s1. The lowest BCUT2D eigenvalue weighted by molar-refractivity contribution is 0.0392. The van der Waals surface area contributed by atoms with Crippen LogP contribution in [0.25, 0.3) is 0 Å². The van der Waals surface area contributed by atoms with Crippen molar-refractivity contribution in [3.8, 4) is 0 Å². The second-order valence-corrected chi connectivity index (χ2v) is 12.4. The van der Waals surface area contributed by atoms with Crippen molar-refractivity contribution in [2.45, 2.75) is 68.4 Å². The smallest absolute Gasteiger partial charge is 0.281 e. The minimum atomic E-state index is -3.86. The Morgan fingerprint density at radius 2 is 1.16 bits per heavy atom. The summed E-state index contributed by atoms with van der Waals surface area (Å²) in [5.41, 5.74) is 3.53. The predicted octanol–water partition coefficient (Wildman–Crippen LogP) is 4.71. The Balaban J connectivity index is 0.000000204. The molecular formula is C31H37N7O4S2. The molecule has 5 aromatic rings. The summed E-state index contributed by atoms with van der Waals surface area (Å²) in [7, 11) is -3.86. The van der Waals surface area contributed by atoms with Crippen LogP contribution in [-0.4, -0.2) is 50.2 Å². The van der Waals surface area contributed by atoms with Crippen LogP contribution in [0, 0.1) is 0 Å². The summed E-state index contributed by atoms with van der Waals surface area (Å²) in [6.45, 7) is 6.13. The number of rotatable bonds is 14. The normalized spacial score (nSPS) is 12.7. The molecule has 0 aliphatic rings. The Morgan fingerprint density at radius 1 is 0.705 bits per heavy atom. The van der Waals surface area contributed by atoms with Gasteiger partial charge in [0.2, 0.25) is 5.16 Å². The molecule has 2 aromatic heterocycles. The second kappa shape index (κ2) is 16.8. The first kappa shape index (κ1) is 33.0. The zero-order chi connectivity index (χ0) is 31.2. The summed E-state index contributed by atoms with van der Waals surface area (Å²) in [5, 5.41) is 13.7. The highest BCUT2D eigenvalue weighted by atomic mass is 32.2. The Bertz CT molecular complexity index is 1630. The van der Waals surface area contributed by atoms with Crippen LogP contribution in [0.15, 0.2) is 114 Å². The van der Waals surface area contributed by atoms with E-state index in [2.05, 4.69) is 51.4 Å². The third-order valence-corrected chi connectivity index (χ3v) is 7.76. The van der Waals surface area contributed by atoms with E-state index in [1.807, 2.05) is 78.3 Å². The van der Waals surface area contributed by atoms with Crippen molar-refractivity contribution in [3.63, 3.8) is 0 Å². The van der Waals surface area contributed by atoms with E-state index in [1.54, 1.807) is 18.1 Å². The number of thioether (sulfide) groups is 1. The first-order valence-corrected chi connectivity index (χ1v) is 16.6. The van der Waals surface area contributed by atoms with Crippen molar-refractivity contribution in [1.82, 2.24) is 29.5 Å². The molecule has 44 heavy (non-hydrogen) atoms. The molecule has 2 heterocycles. The number of hydrogen-bond acceptors (Lipinski definition) is 9. The first-order valence-electron chi connectivity index (χ1n) is 14.0. The molecule has 13 heteroatoms. The van der Waals surface area contributed by atoms with Crippen LogP contribution in [0.5, 0.6) is 0 Å². The molecule has 3 aromatic carbocycles. The summed E-state index contributed by atoms with van der Waals surface area (Å²) in [6.07, 6.45) is 3.04. The molecule has 0 saturated carbocycles. The quantitative estimate of drug-likeness (QED) is 0.172. The summed E-state index contributed by atoms with van der Waals surface area (Å²) < 4.78 is 36.9. The third-order valence-electron chi connectivity index (χ3n) is 6.14. The van der Waals surface area contributed by atoms with Gasteiger partial charge >= 0.3 is 0 Å². The average molecular weight is 636 g/mol. The van der Waals surface area contributed by atoms with E-state index >= 15 is 0 Å². The number of nitrogens with two attached hydrogens (primary N) is 1. The van der Waals surface area contributed by atoms with E-state index in [0.29, 0.717) is 26.3 Å². The van der Waals surface area contributed by atoms with Gasteiger partial charge in [-0.3, -0.25) is 0 Å². The van der Waals surface area contributed by atoms with E-state index < -0.39 is 10.0 Å². The number of benzene rings is 3. The molecule has 11 nitrogen and oxygen atoms in total. The van der Waals surface area contributed by atoms with Crippen molar-refractivity contribution in [3.05, 3.63) is 120 Å². The maximum atomic E-state index is 11.1. The van der Waals surface area contributed by atoms with Gasteiger partial charge in [0.25, 0.3) is 15.2 Å². The van der Waals surface area contributed by atoms with Crippen molar-refractivity contribution in [1.29, 1.82) is 0 Å². The van der Waals surface area contributed by atoms with E-state index in [4.69, 9.17) is 14.6 Å². The first-order chi connectivity index (χ1) is 21.2. The second-order valence-electron chi connectivity index (χ2n) is 10.0. The molecule has 0 spiro atoms. The van der Waals surface area contributed by atoms with Gasteiger partial charge in [-0.05, 0) is 30.5 Å². The number of nitrogens with zero attached hydrogens (tertiary/aromatic N) is 6. The maximum Gasteiger partial charge on any atom is 0.281 e. The highest BCUT2D eigenvalue weighted by Crippen LogP contribution is 2.18. The summed E-state index contributed by atoms with van der Waals surface area (Å²) >= 11 is 1.65. The molecule has 0 saturated heterocycles. The van der Waals surface area contributed by atoms with Crippen LogP contribution in [0.3, 0.4) is 0 Å². The fourth-order valence-electron chi connectivity index (χ4n) is 3.91. The Hall–Kier alpha value is -3.88. The van der Waals surface area contributed by atoms with Gasteiger partial charge in [-0.25, -0.2) is 32.9 Å². The molecule has 0 aliphatic heterocycles. The van der Waals surface area contributed by atoms with E-state index in [1.165, 1.54) is 22.1 Å². The zero-order valence-corrected chi connectivity index (χ0v) is 26.3. The van der Waals surface area contributed by atoms with Crippen molar-refractivity contribution in [2.24, 2.45) is 5.14 Å². The summed E-state index contributed by atoms with van der Waals surface area (Å²) in [6, 6.07) is 30.3. The highest BCUT2D eigenvalue weighted by molar-refractivity contribution is 7.98. The largest absolute Gasteiger partial charge is 0.372 e. The lowest BCUT2D eigenvalue weighted by atomic mass is 10.2. The van der Waals surface area contributed by atoms with Gasteiger partial charge in [-0.1, -0.05) is 103 Å². The van der Waals surface area contributed by atoms with E-state index in [9.17, 15) is 8.42 Å². The molecule has 2 N–H and O–H groups in total. The van der Waals surface area contributed by atoms with Gasteiger partial charge in [0.15, 0.2) is 0 Å². The van der Waals surface area contributed by atoms with Gasteiger partial charge in [-0.2, -0.15) is 0 Å². The number of sulfonamides is 1. The number of hydrogen-bond donors (Lipinski definition) is 1. The molecule has 0 amide bonds. The minimum absolute atomic E-state index is 0.0823. The van der Waals surface area contributed by atoms with Gasteiger partial charge in [0.1, 0.15) is 12.7 Å². The molecule has 0 radical (unpaired) electrons. The molecule has 0 aliphatic carbocycles. The van der Waals surface area contributed by atoms with Crippen LogP contribution in [-0.2, 0) is 51.6 Å². The average Bonchev–Trinajstić information content (AvgIpc) is 3.70. The van der Waals surface area contributed by atoms with Crippen molar-refractivity contribution < 1.29 is 17.9 Å². The lowest BCUT2D eigenvalue weighted by Gasteiger charge is -2.12. The van der Waals surface area contributed by atoms with Crippen LogP contribution < -0.4 is 5.14 Å². The molecule has 232 valence electrons. The van der Waals surface area contributed by atoms with Crippen LogP contribution in [0.4, 0.5) is 0 Å². The van der Waals surface area contributed by atoms with Gasteiger partial charge in [-0.15, -0.1) is 10.2 Å². The molecule has 0 fully saturated rings. The van der Waals surface area contributed by atoms with Crippen LogP contribution in [0.2, 0.25) is 0 Å². The topological polar surface area (TPSA) is 140 Å². The Kier molecular flexibility index (Phi) is 12.6. The molecule has 5 rings (SSSR count). The molecule has 0 bridgehead atoms. The van der Waals surface area contributed by atoms with Crippen molar-refractivity contribution >= 4 is 21.8 Å². The summed E-state index contributed by atoms with van der Waals surface area (Å²) in [5.74, 6) is 0.880.